The van der Waals surface area contributed by atoms with Gasteiger partial charge in [0.05, 0.1) is 18.8 Å². The Hall–Kier alpha value is -3.14. The summed E-state index contributed by atoms with van der Waals surface area (Å²) in [5, 5.41) is 5.54. The number of alkyl halides is 3. The monoisotopic (exact) mass is 467 g/mol. The van der Waals surface area contributed by atoms with Crippen molar-refractivity contribution >= 4 is 17.7 Å². The van der Waals surface area contributed by atoms with E-state index >= 15 is 0 Å². The van der Waals surface area contributed by atoms with Crippen LogP contribution in [0.3, 0.4) is 0 Å². The van der Waals surface area contributed by atoms with Gasteiger partial charge in [0, 0.05) is 25.5 Å². The number of cyclic esters (lactones) is 1. The Morgan fingerprint density at radius 1 is 1.18 bits per heavy atom. The molecule has 0 aromatic heterocycles. The summed E-state index contributed by atoms with van der Waals surface area (Å²) in [4.78, 5) is 24.5. The Bertz CT molecular complexity index is 980. The molecule has 0 spiro atoms. The molecule has 0 aliphatic carbocycles. The first-order chi connectivity index (χ1) is 15.6. The number of benzene rings is 2. The Morgan fingerprint density at radius 3 is 2.55 bits per heavy atom. The molecule has 2 amide bonds. The Morgan fingerprint density at radius 2 is 1.91 bits per heavy atom. The number of hydrogen-bond acceptors (Lipinski definition) is 4. The van der Waals surface area contributed by atoms with Crippen molar-refractivity contribution in [2.24, 2.45) is 0 Å². The minimum Gasteiger partial charge on any atom is -0.442 e. The highest BCUT2D eigenvalue weighted by atomic mass is 19.4. The normalized spacial score (nSPS) is 16.1. The van der Waals surface area contributed by atoms with Gasteiger partial charge in [0.15, 0.2) is 0 Å². The van der Waals surface area contributed by atoms with E-state index in [-0.39, 0.29) is 32.0 Å². The largest absolute Gasteiger partial charge is 0.442 e. The summed E-state index contributed by atoms with van der Waals surface area (Å²) in [5.41, 5.74) is 2.21. The first-order valence-electron chi connectivity index (χ1n) is 10.5. The quantitative estimate of drug-likeness (QED) is 0.424. The molecule has 1 saturated heterocycles. The fourth-order valence-electron chi connectivity index (χ4n) is 3.45. The van der Waals surface area contributed by atoms with Crippen LogP contribution in [-0.2, 0) is 16.1 Å². The van der Waals surface area contributed by atoms with Crippen molar-refractivity contribution < 1.29 is 31.9 Å². The van der Waals surface area contributed by atoms with Crippen molar-refractivity contribution in [3.8, 4) is 11.1 Å². The van der Waals surface area contributed by atoms with Gasteiger partial charge in [-0.15, -0.1) is 0 Å². The molecule has 6 nitrogen and oxygen atoms in total. The van der Waals surface area contributed by atoms with Crippen LogP contribution < -0.4 is 15.5 Å². The van der Waals surface area contributed by atoms with Crippen LogP contribution in [0.25, 0.3) is 11.1 Å². The number of carbonyl (C=O) groups excluding carboxylic acids is 2. The summed E-state index contributed by atoms with van der Waals surface area (Å²) in [7, 11) is 0. The van der Waals surface area contributed by atoms with Gasteiger partial charge in [-0.3, -0.25) is 9.69 Å². The Balaban J connectivity index is 1.57. The number of ether oxygens (including phenoxy) is 1. The minimum absolute atomic E-state index is 0.0116. The maximum absolute atomic E-state index is 14.8. The van der Waals surface area contributed by atoms with Crippen molar-refractivity contribution in [1.82, 2.24) is 10.6 Å². The number of anilines is 1. The summed E-state index contributed by atoms with van der Waals surface area (Å²) < 4.78 is 56.5. The fourth-order valence-corrected chi connectivity index (χ4v) is 3.45. The van der Waals surface area contributed by atoms with E-state index in [1.165, 1.54) is 17.9 Å². The molecule has 1 unspecified atom stereocenters. The predicted octanol–water partition coefficient (Wildman–Crippen LogP) is 4.39. The second-order valence-electron chi connectivity index (χ2n) is 7.81. The molecular formula is C23H25F4N3O3. The van der Waals surface area contributed by atoms with Gasteiger partial charge >= 0.3 is 12.3 Å². The SMILES string of the molecule is CC(=O)NCC1CN(c2ccc(-c3ccc(CNCCCC(F)(F)F)cc3)c(F)c2)C(=O)O1. The van der Waals surface area contributed by atoms with E-state index in [1.807, 2.05) is 0 Å². The smallest absolute Gasteiger partial charge is 0.414 e. The van der Waals surface area contributed by atoms with Crippen molar-refractivity contribution in [2.75, 3.05) is 24.5 Å². The van der Waals surface area contributed by atoms with Crippen molar-refractivity contribution in [3.63, 3.8) is 0 Å². The lowest BCUT2D eigenvalue weighted by molar-refractivity contribution is -0.135. The lowest BCUT2D eigenvalue weighted by atomic mass is 10.0. The molecule has 0 saturated carbocycles. The maximum atomic E-state index is 14.8. The molecule has 178 valence electrons. The topological polar surface area (TPSA) is 70.7 Å². The van der Waals surface area contributed by atoms with Gasteiger partial charge < -0.3 is 15.4 Å². The highest BCUT2D eigenvalue weighted by Gasteiger charge is 2.32. The van der Waals surface area contributed by atoms with Crippen LogP contribution in [0.15, 0.2) is 42.5 Å². The zero-order valence-electron chi connectivity index (χ0n) is 18.0. The second-order valence-corrected chi connectivity index (χ2v) is 7.81. The van der Waals surface area contributed by atoms with Crippen LogP contribution in [0.4, 0.5) is 28.0 Å². The summed E-state index contributed by atoms with van der Waals surface area (Å²) in [5.74, 6) is -0.744. The lowest BCUT2D eigenvalue weighted by Crippen LogP contribution is -2.33. The third-order valence-corrected chi connectivity index (χ3v) is 5.12. The standard InChI is InChI=1S/C23H25F4N3O3/c1-15(31)29-13-19-14-30(22(32)33-19)18-7-8-20(21(24)11-18)17-5-3-16(4-6-17)12-28-10-2-9-23(25,26)27/h3-8,11,19,28H,2,9-10,12-14H2,1H3,(H,29,31). The third kappa shape index (κ3) is 7.18. The number of halogens is 4. The van der Waals surface area contributed by atoms with Gasteiger partial charge in [0.25, 0.3) is 0 Å². The van der Waals surface area contributed by atoms with Crippen LogP contribution in [0.1, 0.15) is 25.3 Å². The third-order valence-electron chi connectivity index (χ3n) is 5.12. The predicted molar refractivity (Wildman–Crippen MR) is 115 cm³/mol. The summed E-state index contributed by atoms with van der Waals surface area (Å²) in [6.45, 7) is 2.41. The molecule has 1 fully saturated rings. The molecular weight excluding hydrogens is 442 g/mol. The van der Waals surface area contributed by atoms with Crippen LogP contribution >= 0.6 is 0 Å². The summed E-state index contributed by atoms with van der Waals surface area (Å²) in [6.07, 6.45) is -6.08. The van der Waals surface area contributed by atoms with Gasteiger partial charge in [0.2, 0.25) is 5.91 Å². The van der Waals surface area contributed by atoms with Gasteiger partial charge in [-0.25, -0.2) is 9.18 Å². The Kier molecular flexibility index (Phi) is 7.91. The van der Waals surface area contributed by atoms with Gasteiger partial charge in [0.1, 0.15) is 11.9 Å². The zero-order valence-corrected chi connectivity index (χ0v) is 18.0. The number of rotatable bonds is 9. The number of nitrogens with one attached hydrogen (secondary N) is 2. The average molecular weight is 467 g/mol. The van der Waals surface area contributed by atoms with Crippen LogP contribution in [-0.4, -0.2) is 43.9 Å². The molecule has 2 N–H and O–H groups in total. The minimum atomic E-state index is -4.15. The van der Waals surface area contributed by atoms with Crippen LogP contribution in [0, 0.1) is 5.82 Å². The molecule has 1 atom stereocenters. The van der Waals surface area contributed by atoms with Crippen molar-refractivity contribution in [3.05, 3.63) is 53.8 Å². The second kappa shape index (κ2) is 10.7. The molecule has 1 heterocycles. The maximum Gasteiger partial charge on any atom is 0.414 e. The molecule has 10 heteroatoms. The molecule has 2 aromatic rings. The van der Waals surface area contributed by atoms with E-state index in [1.54, 1.807) is 36.4 Å². The van der Waals surface area contributed by atoms with Crippen molar-refractivity contribution in [2.45, 2.75) is 38.6 Å². The number of hydrogen-bond donors (Lipinski definition) is 2. The fraction of sp³-hybridized carbons (Fsp3) is 0.391. The molecule has 1 aliphatic heterocycles. The molecule has 33 heavy (non-hydrogen) atoms. The molecule has 0 bridgehead atoms. The number of nitrogens with zero attached hydrogens (tertiary/aromatic N) is 1. The summed E-state index contributed by atoms with van der Waals surface area (Å²) >= 11 is 0. The van der Waals surface area contributed by atoms with Gasteiger partial charge in [-0.1, -0.05) is 24.3 Å². The van der Waals surface area contributed by atoms with E-state index < -0.39 is 30.6 Å². The first-order valence-corrected chi connectivity index (χ1v) is 10.5. The zero-order chi connectivity index (χ0) is 24.0. The highest BCUT2D eigenvalue weighted by Crippen LogP contribution is 2.29. The number of amides is 2. The molecule has 2 aromatic carbocycles. The summed E-state index contributed by atoms with van der Waals surface area (Å²) in [6, 6.07) is 11.5. The van der Waals surface area contributed by atoms with Crippen LogP contribution in [0.2, 0.25) is 0 Å². The Labute approximate surface area is 188 Å². The lowest BCUT2D eigenvalue weighted by Gasteiger charge is -2.15. The van der Waals surface area contributed by atoms with E-state index in [2.05, 4.69) is 10.6 Å². The van der Waals surface area contributed by atoms with Gasteiger partial charge in [-0.05, 0) is 42.3 Å². The van der Waals surface area contributed by atoms with Gasteiger partial charge in [-0.2, -0.15) is 13.2 Å². The molecule has 3 rings (SSSR count). The first kappa shape index (κ1) is 24.5. The van der Waals surface area contributed by atoms with E-state index in [4.69, 9.17) is 4.74 Å². The van der Waals surface area contributed by atoms with E-state index in [0.717, 1.165) is 5.56 Å². The highest BCUT2D eigenvalue weighted by molar-refractivity contribution is 5.90. The van der Waals surface area contributed by atoms with Crippen LogP contribution in [0.5, 0.6) is 0 Å². The van der Waals surface area contributed by atoms with E-state index in [9.17, 15) is 27.2 Å². The van der Waals surface area contributed by atoms with Crippen molar-refractivity contribution in [1.29, 1.82) is 0 Å². The molecule has 1 aliphatic rings. The molecule has 0 radical (unpaired) electrons. The number of carbonyl (C=O) groups is 2. The van der Waals surface area contributed by atoms with E-state index in [0.29, 0.717) is 23.4 Å². The average Bonchev–Trinajstić information content (AvgIpc) is 3.12.